The zero-order chi connectivity index (χ0) is 59.4. The molecule has 2 heterocycles. The first-order valence-electron chi connectivity index (χ1n) is 35.1. The smallest absolute Gasteiger partial charge is 0.306 e. The summed E-state index contributed by atoms with van der Waals surface area (Å²) in [6, 6.07) is 0. The number of hydrogen-bond acceptors (Lipinski definition) is 14. The number of esters is 1. The van der Waals surface area contributed by atoms with E-state index in [-0.39, 0.29) is 25.6 Å². The molecule has 0 radical (unpaired) electrons. The van der Waals surface area contributed by atoms with Gasteiger partial charge in [-0.3, -0.25) is 4.79 Å². The summed E-state index contributed by atoms with van der Waals surface area (Å²) in [7, 11) is 0. The molecule has 14 heteroatoms. The van der Waals surface area contributed by atoms with Crippen LogP contribution in [0.3, 0.4) is 0 Å². The molecule has 2 rings (SSSR count). The van der Waals surface area contributed by atoms with Gasteiger partial charge in [0.15, 0.2) is 12.6 Å². The topological polar surface area (TPSA) is 214 Å². The van der Waals surface area contributed by atoms with Crippen LogP contribution in [0.15, 0.2) is 0 Å². The van der Waals surface area contributed by atoms with E-state index >= 15 is 0 Å². The molecule has 0 saturated carbocycles. The number of hydrogen-bond donors (Lipinski definition) is 7. The standard InChI is InChI=1S/C68H132O14/c1-3-5-7-9-11-13-15-17-19-21-23-25-27-29-31-33-35-37-39-41-43-45-47-49-51-60(70)80-57(55-78-67-66(76)64(74)62(72)59(82-67)56-79-68-65(75)63(73)61(71)58(53-69)81-68)54-77-52-50-48-46-44-42-40-38-36-34-32-30-28-26-24-22-20-18-16-14-12-10-8-6-4-2/h57-59,61-69,71-76H,3-56H2,1-2H3. The lowest BCUT2D eigenvalue weighted by Crippen LogP contribution is -2.61. The second-order valence-corrected chi connectivity index (χ2v) is 25.1. The first kappa shape index (κ1) is 77.1. The minimum absolute atomic E-state index is 0.0716. The number of ether oxygens (including phenoxy) is 6. The van der Waals surface area contributed by atoms with Crippen LogP contribution in [0.25, 0.3) is 0 Å². The van der Waals surface area contributed by atoms with Gasteiger partial charge in [0.2, 0.25) is 0 Å². The van der Waals surface area contributed by atoms with E-state index in [0.717, 1.165) is 44.9 Å². The highest BCUT2D eigenvalue weighted by atomic mass is 16.7. The predicted octanol–water partition coefficient (Wildman–Crippen LogP) is 14.7. The van der Waals surface area contributed by atoms with Gasteiger partial charge < -0.3 is 64.2 Å². The zero-order valence-electron chi connectivity index (χ0n) is 53.0. The molecule has 2 aliphatic rings. The Morgan fingerprint density at radius 3 is 0.988 bits per heavy atom. The first-order valence-corrected chi connectivity index (χ1v) is 35.1. The van der Waals surface area contributed by atoms with Crippen molar-refractivity contribution in [1.29, 1.82) is 0 Å². The van der Waals surface area contributed by atoms with E-state index in [2.05, 4.69) is 13.8 Å². The van der Waals surface area contributed by atoms with Crippen molar-refractivity contribution in [2.45, 2.75) is 396 Å². The summed E-state index contributed by atoms with van der Waals surface area (Å²) in [6.45, 7) is 3.80. The Bertz CT molecular complexity index is 1360. The van der Waals surface area contributed by atoms with Gasteiger partial charge in [0.25, 0.3) is 0 Å². The monoisotopic (exact) mass is 1170 g/mol. The Kier molecular flexibility index (Phi) is 52.0. The van der Waals surface area contributed by atoms with Crippen molar-refractivity contribution in [2.75, 3.05) is 33.0 Å². The molecule has 0 aromatic rings. The van der Waals surface area contributed by atoms with Crippen molar-refractivity contribution < 1.29 is 69.0 Å². The van der Waals surface area contributed by atoms with E-state index in [4.69, 9.17) is 28.4 Å². The molecule has 0 aromatic heterocycles. The van der Waals surface area contributed by atoms with E-state index in [1.807, 2.05) is 0 Å². The van der Waals surface area contributed by atoms with Crippen LogP contribution < -0.4 is 0 Å². The highest BCUT2D eigenvalue weighted by Crippen LogP contribution is 2.27. The van der Waals surface area contributed by atoms with Gasteiger partial charge in [0, 0.05) is 13.0 Å². The normalized spacial score (nSPS) is 23.4. The Hall–Kier alpha value is -1.01. The maximum absolute atomic E-state index is 13.2. The van der Waals surface area contributed by atoms with Gasteiger partial charge in [-0.05, 0) is 12.8 Å². The molecule has 0 spiro atoms. The summed E-state index contributed by atoms with van der Waals surface area (Å²) in [5.74, 6) is -0.364. The van der Waals surface area contributed by atoms with Crippen molar-refractivity contribution in [2.24, 2.45) is 0 Å². The molecule has 0 aliphatic carbocycles. The molecule has 0 bridgehead atoms. The molecule has 488 valence electrons. The average Bonchev–Trinajstić information content (AvgIpc) is 3.58. The molecule has 0 aromatic carbocycles. The summed E-state index contributed by atoms with van der Waals surface area (Å²) in [4.78, 5) is 13.2. The lowest BCUT2D eigenvalue weighted by Gasteiger charge is -2.42. The Morgan fingerprint density at radius 1 is 0.354 bits per heavy atom. The maximum Gasteiger partial charge on any atom is 0.306 e. The van der Waals surface area contributed by atoms with E-state index in [0.29, 0.717) is 6.61 Å². The maximum atomic E-state index is 13.2. The summed E-state index contributed by atoms with van der Waals surface area (Å²) in [6.07, 6.45) is 47.6. The highest BCUT2D eigenvalue weighted by Gasteiger charge is 2.47. The fraction of sp³-hybridized carbons (Fsp3) is 0.985. The molecule has 0 amide bonds. The van der Waals surface area contributed by atoms with E-state index in [1.165, 1.54) is 263 Å². The van der Waals surface area contributed by atoms with Crippen molar-refractivity contribution in [3.05, 3.63) is 0 Å². The van der Waals surface area contributed by atoms with Crippen LogP contribution in [0.2, 0.25) is 0 Å². The van der Waals surface area contributed by atoms with Crippen molar-refractivity contribution in [1.82, 2.24) is 0 Å². The summed E-state index contributed by atoms with van der Waals surface area (Å²) in [5, 5.41) is 72.6. The molecular formula is C68H132O14. The zero-order valence-corrected chi connectivity index (χ0v) is 53.0. The number of aliphatic hydroxyl groups is 7. The first-order chi connectivity index (χ1) is 40.1. The fourth-order valence-corrected chi connectivity index (χ4v) is 11.8. The molecule has 2 aliphatic heterocycles. The molecule has 11 atom stereocenters. The summed E-state index contributed by atoms with van der Waals surface area (Å²) >= 11 is 0. The lowest BCUT2D eigenvalue weighted by molar-refractivity contribution is -0.332. The number of rotatable bonds is 60. The molecule has 7 N–H and O–H groups in total. The molecule has 14 nitrogen and oxygen atoms in total. The molecular weight excluding hydrogens is 1040 g/mol. The van der Waals surface area contributed by atoms with Crippen LogP contribution >= 0.6 is 0 Å². The van der Waals surface area contributed by atoms with E-state index in [1.54, 1.807) is 0 Å². The number of carbonyl (C=O) groups is 1. The van der Waals surface area contributed by atoms with E-state index < -0.39 is 80.7 Å². The Morgan fingerprint density at radius 2 is 0.646 bits per heavy atom. The van der Waals surface area contributed by atoms with Crippen LogP contribution in [0.4, 0.5) is 0 Å². The van der Waals surface area contributed by atoms with Gasteiger partial charge in [-0.2, -0.15) is 0 Å². The Balaban J connectivity index is 1.62. The van der Waals surface area contributed by atoms with Crippen molar-refractivity contribution in [3.63, 3.8) is 0 Å². The lowest BCUT2D eigenvalue weighted by atomic mass is 9.98. The molecule has 82 heavy (non-hydrogen) atoms. The number of carbonyl (C=O) groups excluding carboxylic acids is 1. The molecule has 2 fully saturated rings. The molecule has 2 saturated heterocycles. The van der Waals surface area contributed by atoms with Gasteiger partial charge in [-0.15, -0.1) is 0 Å². The summed E-state index contributed by atoms with van der Waals surface area (Å²) in [5.41, 5.74) is 0. The highest BCUT2D eigenvalue weighted by molar-refractivity contribution is 5.69. The minimum atomic E-state index is -1.70. The Labute approximate surface area is 502 Å². The molecule has 11 unspecified atom stereocenters. The number of aliphatic hydroxyl groups excluding tert-OH is 7. The second-order valence-electron chi connectivity index (χ2n) is 25.1. The van der Waals surface area contributed by atoms with Crippen LogP contribution in [0.5, 0.6) is 0 Å². The third-order valence-electron chi connectivity index (χ3n) is 17.4. The van der Waals surface area contributed by atoms with E-state index in [9.17, 15) is 40.5 Å². The van der Waals surface area contributed by atoms with Crippen LogP contribution in [-0.4, -0.2) is 142 Å². The third kappa shape index (κ3) is 40.4. The largest absolute Gasteiger partial charge is 0.457 e. The third-order valence-corrected chi connectivity index (χ3v) is 17.4. The van der Waals surface area contributed by atoms with Gasteiger partial charge in [0.05, 0.1) is 26.4 Å². The second kappa shape index (κ2) is 55.3. The van der Waals surface area contributed by atoms with Crippen LogP contribution in [0.1, 0.15) is 328 Å². The average molecular weight is 1170 g/mol. The summed E-state index contributed by atoms with van der Waals surface area (Å²) < 4.78 is 34.6. The fourth-order valence-electron chi connectivity index (χ4n) is 11.8. The SMILES string of the molecule is CCCCCCCCCCCCCCCCCCCCCCCCCCOCC(COC1OC(COC2OC(CO)C(O)C(O)C2O)C(O)C(O)C1O)OC(=O)CCCCCCCCCCCCCCCCCCCCCCCCCC. The van der Waals surface area contributed by atoms with Crippen molar-refractivity contribution >= 4 is 5.97 Å². The quantitative estimate of drug-likeness (QED) is 0.0223. The van der Waals surface area contributed by atoms with Gasteiger partial charge >= 0.3 is 5.97 Å². The van der Waals surface area contributed by atoms with Crippen molar-refractivity contribution in [3.8, 4) is 0 Å². The predicted molar refractivity (Wildman–Crippen MR) is 331 cm³/mol. The van der Waals surface area contributed by atoms with Gasteiger partial charge in [0.1, 0.15) is 54.9 Å². The van der Waals surface area contributed by atoms with Crippen LogP contribution in [0, 0.1) is 0 Å². The number of unbranched alkanes of at least 4 members (excludes halogenated alkanes) is 46. The van der Waals surface area contributed by atoms with Gasteiger partial charge in [-0.25, -0.2) is 0 Å². The van der Waals surface area contributed by atoms with Crippen LogP contribution in [-0.2, 0) is 33.2 Å². The minimum Gasteiger partial charge on any atom is -0.457 e. The van der Waals surface area contributed by atoms with Gasteiger partial charge in [-0.1, -0.05) is 309 Å².